The maximum absolute atomic E-state index is 11.8. The van der Waals surface area contributed by atoms with Crippen molar-refractivity contribution in [1.82, 2.24) is 0 Å². The topological polar surface area (TPSA) is 59.3 Å². The van der Waals surface area contributed by atoms with Crippen LogP contribution in [0.2, 0.25) is 0 Å². The van der Waals surface area contributed by atoms with Crippen molar-refractivity contribution in [2.24, 2.45) is 0 Å². The van der Waals surface area contributed by atoms with Crippen molar-refractivity contribution in [1.29, 1.82) is 0 Å². The van der Waals surface area contributed by atoms with Gasteiger partial charge in [-0.15, -0.1) is 0 Å². The number of hydrogen-bond donors (Lipinski definition) is 1. The second-order valence-corrected chi connectivity index (χ2v) is 7.78. The van der Waals surface area contributed by atoms with E-state index in [9.17, 15) is 9.59 Å². The number of furan rings is 1. The highest BCUT2D eigenvalue weighted by atomic mass is 16.3. The number of carbonyl (C=O) groups excluding carboxylic acids is 2. The quantitative estimate of drug-likeness (QED) is 0.369. The molecule has 0 spiro atoms. The van der Waals surface area contributed by atoms with Gasteiger partial charge in [-0.05, 0) is 40.5 Å². The fraction of sp³-hybridized carbons (Fsp3) is 0.0370. The highest BCUT2D eigenvalue weighted by Gasteiger charge is 2.23. The zero-order chi connectivity index (χ0) is 20.9. The number of carbonyl (C=O) groups is 2. The SMILES string of the molecule is O=C1Cc2cc(-c3ccc(-c4cccc5c4oc4ccccc45)cc3)ccc2NC1=O. The zero-order valence-electron chi connectivity index (χ0n) is 16.5. The average molecular weight is 403 g/mol. The van der Waals surface area contributed by atoms with Crippen LogP contribution < -0.4 is 5.32 Å². The number of Topliss-reactive ketones (excluding diaryl/α,β-unsaturated/α-hetero) is 1. The summed E-state index contributed by atoms with van der Waals surface area (Å²) >= 11 is 0. The molecule has 4 heteroatoms. The van der Waals surface area contributed by atoms with Crippen LogP contribution in [0.15, 0.2) is 89.3 Å². The van der Waals surface area contributed by atoms with Gasteiger partial charge >= 0.3 is 0 Å². The number of anilines is 1. The van der Waals surface area contributed by atoms with E-state index in [2.05, 4.69) is 53.8 Å². The Balaban J connectivity index is 1.40. The maximum atomic E-state index is 11.8. The Labute approximate surface area is 178 Å². The van der Waals surface area contributed by atoms with Crippen LogP contribution in [0.25, 0.3) is 44.2 Å². The predicted molar refractivity (Wildman–Crippen MR) is 122 cm³/mol. The van der Waals surface area contributed by atoms with Crippen molar-refractivity contribution in [3.8, 4) is 22.3 Å². The van der Waals surface area contributed by atoms with Gasteiger partial charge in [-0.25, -0.2) is 0 Å². The van der Waals surface area contributed by atoms with Crippen molar-refractivity contribution < 1.29 is 14.0 Å². The Kier molecular flexibility index (Phi) is 3.80. The molecule has 0 atom stereocenters. The van der Waals surface area contributed by atoms with Gasteiger partial charge in [0.15, 0.2) is 0 Å². The number of benzene rings is 4. The lowest BCUT2D eigenvalue weighted by Crippen LogP contribution is -2.29. The third kappa shape index (κ3) is 2.84. The summed E-state index contributed by atoms with van der Waals surface area (Å²) in [6.45, 7) is 0. The van der Waals surface area contributed by atoms with E-state index in [1.165, 1.54) is 0 Å². The number of fused-ring (bicyclic) bond motifs is 4. The second kappa shape index (κ2) is 6.67. The van der Waals surface area contributed by atoms with Gasteiger partial charge in [0.2, 0.25) is 5.78 Å². The smallest absolute Gasteiger partial charge is 0.292 e. The van der Waals surface area contributed by atoms with Gasteiger partial charge in [-0.1, -0.05) is 66.7 Å². The summed E-state index contributed by atoms with van der Waals surface area (Å²) in [6.07, 6.45) is 0.140. The molecule has 0 unspecified atom stereocenters. The van der Waals surface area contributed by atoms with E-state index in [-0.39, 0.29) is 6.42 Å². The van der Waals surface area contributed by atoms with Crippen LogP contribution >= 0.6 is 0 Å². The van der Waals surface area contributed by atoms with E-state index in [1.807, 2.05) is 36.4 Å². The maximum Gasteiger partial charge on any atom is 0.292 e. The number of amides is 1. The summed E-state index contributed by atoms with van der Waals surface area (Å²) in [5.41, 5.74) is 7.52. The van der Waals surface area contributed by atoms with Crippen molar-refractivity contribution in [2.45, 2.75) is 6.42 Å². The fourth-order valence-electron chi connectivity index (χ4n) is 4.30. The van der Waals surface area contributed by atoms with E-state index in [1.54, 1.807) is 0 Å². The zero-order valence-corrected chi connectivity index (χ0v) is 16.5. The molecule has 5 aromatic rings. The van der Waals surface area contributed by atoms with Crippen LogP contribution in [-0.2, 0) is 16.0 Å². The Hall–Kier alpha value is -4.18. The Morgan fingerprint density at radius 3 is 2.32 bits per heavy atom. The van der Waals surface area contributed by atoms with Gasteiger partial charge in [0.05, 0.1) is 0 Å². The predicted octanol–water partition coefficient (Wildman–Crippen LogP) is 5.98. The molecule has 1 aliphatic rings. The highest BCUT2D eigenvalue weighted by molar-refractivity contribution is 6.42. The third-order valence-electron chi connectivity index (χ3n) is 5.89. The van der Waals surface area contributed by atoms with Crippen molar-refractivity contribution in [2.75, 3.05) is 5.32 Å². The normalized spacial score (nSPS) is 13.4. The Bertz CT molecular complexity index is 1510. The molecule has 0 bridgehead atoms. The number of rotatable bonds is 2. The lowest BCUT2D eigenvalue weighted by atomic mass is 9.95. The molecule has 0 fully saturated rings. The van der Waals surface area contributed by atoms with Crippen LogP contribution in [0.5, 0.6) is 0 Å². The van der Waals surface area contributed by atoms with Crippen molar-refractivity contribution in [3.05, 3.63) is 90.5 Å². The monoisotopic (exact) mass is 403 g/mol. The van der Waals surface area contributed by atoms with Crippen LogP contribution in [0.1, 0.15) is 5.56 Å². The molecule has 148 valence electrons. The van der Waals surface area contributed by atoms with E-state index < -0.39 is 11.7 Å². The summed E-state index contributed by atoms with van der Waals surface area (Å²) in [6, 6.07) is 28.4. The minimum absolute atomic E-state index is 0.140. The van der Waals surface area contributed by atoms with Crippen molar-refractivity contribution in [3.63, 3.8) is 0 Å². The number of nitrogens with one attached hydrogen (secondary N) is 1. The summed E-state index contributed by atoms with van der Waals surface area (Å²) < 4.78 is 6.17. The molecule has 4 nitrogen and oxygen atoms in total. The molecule has 6 rings (SSSR count). The van der Waals surface area contributed by atoms with Gasteiger partial charge in [-0.3, -0.25) is 9.59 Å². The average Bonchev–Trinajstić information content (AvgIpc) is 3.19. The fourth-order valence-corrected chi connectivity index (χ4v) is 4.30. The summed E-state index contributed by atoms with van der Waals surface area (Å²) in [5.74, 6) is -0.941. The molecular formula is C27H17NO3. The van der Waals surface area contributed by atoms with Crippen LogP contribution in [0.3, 0.4) is 0 Å². The van der Waals surface area contributed by atoms with E-state index in [4.69, 9.17) is 4.42 Å². The number of ketones is 1. The summed E-state index contributed by atoms with van der Waals surface area (Å²) in [5, 5.41) is 4.88. The van der Waals surface area contributed by atoms with Gasteiger partial charge in [-0.2, -0.15) is 0 Å². The number of hydrogen-bond acceptors (Lipinski definition) is 3. The van der Waals surface area contributed by atoms with E-state index in [0.29, 0.717) is 5.69 Å². The van der Waals surface area contributed by atoms with Gasteiger partial charge in [0.25, 0.3) is 5.91 Å². The lowest BCUT2D eigenvalue weighted by Gasteiger charge is -2.17. The van der Waals surface area contributed by atoms with Crippen molar-refractivity contribution >= 4 is 39.3 Å². The molecule has 0 aliphatic carbocycles. The summed E-state index contributed by atoms with van der Waals surface area (Å²) in [4.78, 5) is 23.3. The van der Waals surface area contributed by atoms with Crippen LogP contribution in [0.4, 0.5) is 5.69 Å². The molecule has 0 saturated carbocycles. The Morgan fingerprint density at radius 2 is 1.45 bits per heavy atom. The molecule has 1 aromatic heterocycles. The molecule has 1 N–H and O–H groups in total. The van der Waals surface area contributed by atoms with E-state index in [0.717, 1.165) is 49.8 Å². The minimum atomic E-state index is -0.538. The minimum Gasteiger partial charge on any atom is -0.455 e. The molecule has 1 amide bonds. The largest absolute Gasteiger partial charge is 0.455 e. The standard InChI is InChI=1S/C27H17NO3/c29-24-15-19-14-18(12-13-23(19)28-27(24)30)16-8-10-17(11-9-16)20-5-3-6-22-21-4-1-2-7-25(21)31-26(20)22/h1-14H,15H2,(H,28,30). The molecule has 2 heterocycles. The first-order chi connectivity index (χ1) is 15.2. The molecule has 0 saturated heterocycles. The molecule has 0 radical (unpaired) electrons. The van der Waals surface area contributed by atoms with Crippen LogP contribution in [-0.4, -0.2) is 11.7 Å². The molecule has 1 aliphatic heterocycles. The highest BCUT2D eigenvalue weighted by Crippen LogP contribution is 2.36. The first-order valence-electron chi connectivity index (χ1n) is 10.2. The summed E-state index contributed by atoms with van der Waals surface area (Å²) in [7, 11) is 0. The number of para-hydroxylation sites is 2. The van der Waals surface area contributed by atoms with E-state index >= 15 is 0 Å². The molecule has 4 aromatic carbocycles. The molecular weight excluding hydrogens is 386 g/mol. The first kappa shape index (κ1) is 17.7. The molecule has 31 heavy (non-hydrogen) atoms. The van der Waals surface area contributed by atoms with Gasteiger partial charge in [0.1, 0.15) is 11.2 Å². The van der Waals surface area contributed by atoms with Crippen LogP contribution in [0, 0.1) is 0 Å². The van der Waals surface area contributed by atoms with Gasteiger partial charge < -0.3 is 9.73 Å². The third-order valence-corrected chi connectivity index (χ3v) is 5.89. The Morgan fingerprint density at radius 1 is 0.710 bits per heavy atom. The first-order valence-corrected chi connectivity index (χ1v) is 10.2. The second-order valence-electron chi connectivity index (χ2n) is 7.78. The lowest BCUT2D eigenvalue weighted by molar-refractivity contribution is -0.134. The van der Waals surface area contributed by atoms with Gasteiger partial charge in [0, 0.05) is 28.4 Å².